The fourth-order valence-corrected chi connectivity index (χ4v) is 5.13. The van der Waals surface area contributed by atoms with E-state index < -0.39 is 6.04 Å². The van der Waals surface area contributed by atoms with Crippen molar-refractivity contribution in [3.05, 3.63) is 47.3 Å². The van der Waals surface area contributed by atoms with Crippen LogP contribution in [0.5, 0.6) is 0 Å². The molecule has 34 heavy (non-hydrogen) atoms. The molecule has 1 aromatic carbocycles. The van der Waals surface area contributed by atoms with Gasteiger partial charge in [-0.15, -0.1) is 0 Å². The third-order valence-electron chi connectivity index (χ3n) is 7.26. The average molecular weight is 466 g/mol. The topological polar surface area (TPSA) is 74.3 Å². The minimum Gasteiger partial charge on any atom is -0.379 e. The van der Waals surface area contributed by atoms with Gasteiger partial charge in [-0.25, -0.2) is 13.9 Å². The number of carbonyl (C=O) groups is 2. The van der Waals surface area contributed by atoms with Crippen molar-refractivity contribution in [2.45, 2.75) is 39.3 Å². The van der Waals surface area contributed by atoms with Gasteiger partial charge in [0.2, 0.25) is 11.9 Å². The lowest BCUT2D eigenvalue weighted by Crippen LogP contribution is -2.57. The molecule has 2 fully saturated rings. The van der Waals surface area contributed by atoms with Crippen molar-refractivity contribution < 1.29 is 18.9 Å². The van der Waals surface area contributed by atoms with E-state index in [9.17, 15) is 9.59 Å². The molecule has 0 spiro atoms. The number of nitrogens with zero attached hydrogens (tertiary/aromatic N) is 6. The second-order valence-electron chi connectivity index (χ2n) is 9.24. The van der Waals surface area contributed by atoms with Crippen LogP contribution < -0.4 is 4.57 Å². The van der Waals surface area contributed by atoms with Crippen LogP contribution >= 0.6 is 0 Å². The first-order chi connectivity index (χ1) is 16.5. The Morgan fingerprint density at radius 3 is 2.56 bits per heavy atom. The number of amidine groups is 1. The van der Waals surface area contributed by atoms with E-state index in [0.717, 1.165) is 69.6 Å². The summed E-state index contributed by atoms with van der Waals surface area (Å²) in [5, 5.41) is 0. The number of aliphatic imine (C=N–C) groups is 1. The van der Waals surface area contributed by atoms with Gasteiger partial charge in [-0.1, -0.05) is 35.3 Å². The van der Waals surface area contributed by atoms with Gasteiger partial charge in [0.1, 0.15) is 11.4 Å². The van der Waals surface area contributed by atoms with Gasteiger partial charge in [0, 0.05) is 33.2 Å². The van der Waals surface area contributed by atoms with E-state index in [1.807, 2.05) is 29.7 Å². The number of ether oxygens (including phenoxy) is 1. The lowest BCUT2D eigenvalue weighted by molar-refractivity contribution is -0.688. The minimum absolute atomic E-state index is 0.188. The molecule has 4 heterocycles. The van der Waals surface area contributed by atoms with Crippen LogP contribution in [-0.2, 0) is 22.5 Å². The van der Waals surface area contributed by atoms with Crippen LogP contribution in [0, 0.1) is 13.8 Å². The number of rotatable bonds is 7. The molecule has 3 aliphatic heterocycles. The van der Waals surface area contributed by atoms with Crippen molar-refractivity contribution in [2.24, 2.45) is 4.99 Å². The van der Waals surface area contributed by atoms with Crippen LogP contribution in [0.4, 0.5) is 10.7 Å². The molecule has 0 radical (unpaired) electrons. The largest absolute Gasteiger partial charge is 0.402 e. The van der Waals surface area contributed by atoms with Crippen LogP contribution in [0.25, 0.3) is 0 Å². The Morgan fingerprint density at radius 2 is 1.82 bits per heavy atom. The number of morpholine rings is 1. The molecule has 3 amide bonds. The number of aromatic nitrogens is 2. The number of imide groups is 1. The molecule has 2 aromatic rings. The summed E-state index contributed by atoms with van der Waals surface area (Å²) >= 11 is 0. The standard InChI is InChI=1S/C25H33N6O3/c1-18-19(2)31-21-22(26-24(31)29(18)13-12-28-14-16-34-17-15-28)27(3)25(33)30(23(21)32)11-7-10-20-8-5-4-6-9-20/h4-6,8-9,21H,7,10-17H2,1-3H3/q+1. The number of likely N-dealkylation sites (N-methyl/N-ethyl adjacent to an activating group) is 1. The van der Waals surface area contributed by atoms with Crippen molar-refractivity contribution in [2.75, 3.05) is 46.4 Å². The smallest absolute Gasteiger partial charge is 0.379 e. The maximum absolute atomic E-state index is 13.6. The number of hydrogen-bond donors (Lipinski definition) is 0. The number of amides is 3. The summed E-state index contributed by atoms with van der Waals surface area (Å²) in [6.45, 7) is 9.58. The molecule has 180 valence electrons. The SMILES string of the molecule is Cc1c(C)[n+](CCN2CCOCC2)c2n1C1C(=O)N(CCCc3ccccc3)C(=O)N(C)C1=N2. The Labute approximate surface area is 200 Å². The summed E-state index contributed by atoms with van der Waals surface area (Å²) in [5.74, 6) is 1.09. The fourth-order valence-electron chi connectivity index (χ4n) is 5.13. The molecule has 9 heteroatoms. The molecule has 2 saturated heterocycles. The van der Waals surface area contributed by atoms with Gasteiger partial charge >= 0.3 is 12.0 Å². The Balaban J connectivity index is 1.36. The van der Waals surface area contributed by atoms with Gasteiger partial charge in [0.25, 0.3) is 5.91 Å². The summed E-state index contributed by atoms with van der Waals surface area (Å²) in [7, 11) is 1.72. The number of urea groups is 1. The number of hydrogen-bond acceptors (Lipinski definition) is 5. The van der Waals surface area contributed by atoms with Crippen LogP contribution in [0.15, 0.2) is 35.3 Å². The zero-order valence-corrected chi connectivity index (χ0v) is 20.2. The van der Waals surface area contributed by atoms with Gasteiger partial charge < -0.3 is 4.74 Å². The third kappa shape index (κ3) is 3.92. The number of fused-ring (bicyclic) bond motifs is 3. The molecular weight excluding hydrogens is 432 g/mol. The van der Waals surface area contributed by atoms with Crippen molar-refractivity contribution in [1.82, 2.24) is 19.3 Å². The molecule has 0 N–H and O–H groups in total. The molecule has 1 atom stereocenters. The zero-order chi connectivity index (χ0) is 23.8. The molecular formula is C25H33N6O3+. The van der Waals surface area contributed by atoms with Crippen molar-refractivity contribution >= 4 is 23.7 Å². The normalized spacial score (nSPS) is 20.6. The Morgan fingerprint density at radius 1 is 1.09 bits per heavy atom. The third-order valence-corrected chi connectivity index (χ3v) is 7.26. The first-order valence-electron chi connectivity index (χ1n) is 12.1. The average Bonchev–Trinajstić information content (AvgIpc) is 3.35. The van der Waals surface area contributed by atoms with Gasteiger partial charge in [0.05, 0.1) is 19.8 Å². The van der Waals surface area contributed by atoms with E-state index in [1.165, 1.54) is 10.5 Å². The molecule has 0 aliphatic carbocycles. The maximum Gasteiger partial charge on any atom is 0.402 e. The van der Waals surface area contributed by atoms with E-state index in [-0.39, 0.29) is 11.9 Å². The Kier molecular flexibility index (Phi) is 6.22. The predicted molar refractivity (Wildman–Crippen MR) is 127 cm³/mol. The lowest BCUT2D eigenvalue weighted by Gasteiger charge is -2.33. The molecule has 1 aromatic heterocycles. The van der Waals surface area contributed by atoms with Crippen LogP contribution in [-0.4, -0.2) is 83.5 Å². The first kappa shape index (κ1) is 22.7. The predicted octanol–water partition coefficient (Wildman–Crippen LogP) is 1.84. The van der Waals surface area contributed by atoms with E-state index in [0.29, 0.717) is 12.4 Å². The monoisotopic (exact) mass is 465 g/mol. The fraction of sp³-hybridized carbons (Fsp3) is 0.520. The van der Waals surface area contributed by atoms with E-state index in [1.54, 1.807) is 11.9 Å². The van der Waals surface area contributed by atoms with E-state index >= 15 is 0 Å². The van der Waals surface area contributed by atoms with Gasteiger partial charge in [-0.2, -0.15) is 0 Å². The zero-order valence-electron chi connectivity index (χ0n) is 20.2. The highest BCUT2D eigenvalue weighted by atomic mass is 16.5. The number of aryl methyl sites for hydroxylation is 1. The van der Waals surface area contributed by atoms with Gasteiger partial charge in [-0.3, -0.25) is 19.5 Å². The molecule has 0 saturated carbocycles. The van der Waals surface area contributed by atoms with Crippen LogP contribution in [0.2, 0.25) is 0 Å². The van der Waals surface area contributed by atoms with Crippen LogP contribution in [0.1, 0.15) is 29.4 Å². The highest BCUT2D eigenvalue weighted by Crippen LogP contribution is 2.35. The summed E-state index contributed by atoms with van der Waals surface area (Å²) in [6.07, 6.45) is 1.55. The molecule has 5 rings (SSSR count). The van der Waals surface area contributed by atoms with Crippen LogP contribution in [0.3, 0.4) is 0 Å². The molecule has 0 bridgehead atoms. The second-order valence-corrected chi connectivity index (χ2v) is 9.24. The minimum atomic E-state index is -0.585. The summed E-state index contributed by atoms with van der Waals surface area (Å²) in [6, 6.07) is 9.26. The lowest BCUT2D eigenvalue weighted by atomic mass is 10.1. The molecule has 9 nitrogen and oxygen atoms in total. The first-order valence-corrected chi connectivity index (χ1v) is 12.1. The van der Waals surface area contributed by atoms with E-state index in [4.69, 9.17) is 9.73 Å². The summed E-state index contributed by atoms with van der Waals surface area (Å²) < 4.78 is 9.66. The van der Waals surface area contributed by atoms with Crippen molar-refractivity contribution in [3.8, 4) is 0 Å². The second kappa shape index (κ2) is 9.31. The highest BCUT2D eigenvalue weighted by Gasteiger charge is 2.53. The molecule has 3 aliphatic rings. The maximum atomic E-state index is 13.6. The summed E-state index contributed by atoms with van der Waals surface area (Å²) in [4.78, 5) is 36.8. The molecule has 1 unspecified atom stereocenters. The van der Waals surface area contributed by atoms with E-state index in [2.05, 4.69) is 28.5 Å². The summed E-state index contributed by atoms with van der Waals surface area (Å²) in [5.41, 5.74) is 3.33. The Hall–Kier alpha value is -3.04. The number of benzene rings is 1. The highest BCUT2D eigenvalue weighted by molar-refractivity contribution is 6.20. The number of carbonyl (C=O) groups excluding carboxylic acids is 2. The quantitative estimate of drug-likeness (QED) is 0.585. The Bertz CT molecular complexity index is 1120. The number of imidazole rings is 1. The van der Waals surface area contributed by atoms with Gasteiger partial charge in [-0.05, 0) is 32.3 Å². The van der Waals surface area contributed by atoms with Crippen molar-refractivity contribution in [3.63, 3.8) is 0 Å². The van der Waals surface area contributed by atoms with Crippen molar-refractivity contribution in [1.29, 1.82) is 0 Å². The van der Waals surface area contributed by atoms with Gasteiger partial charge in [0.15, 0.2) is 0 Å².